The summed E-state index contributed by atoms with van der Waals surface area (Å²) in [5.74, 6) is 0. The van der Waals surface area contributed by atoms with Gasteiger partial charge in [-0.15, -0.1) is 11.3 Å². The fraction of sp³-hybridized carbons (Fsp3) is 0. The maximum Gasteiger partial charge on any atom is 0.143 e. The Bertz CT molecular complexity index is 3460. The van der Waals surface area contributed by atoms with Gasteiger partial charge in [0.05, 0.1) is 22.1 Å². The molecule has 12 rings (SSSR count). The lowest BCUT2D eigenvalue weighted by molar-refractivity contribution is 0.672. The van der Waals surface area contributed by atoms with E-state index < -0.39 is 0 Å². The van der Waals surface area contributed by atoms with E-state index in [2.05, 4.69) is 204 Å². The molecule has 0 fully saturated rings. The van der Waals surface area contributed by atoms with Crippen LogP contribution in [0.1, 0.15) is 0 Å². The van der Waals surface area contributed by atoms with Crippen LogP contribution >= 0.6 is 11.3 Å². The average molecular weight is 733 g/mol. The summed E-state index contributed by atoms with van der Waals surface area (Å²) in [6, 6.07) is 70.3. The second kappa shape index (κ2) is 12.2. The van der Waals surface area contributed by atoms with E-state index in [1.807, 2.05) is 11.3 Å². The van der Waals surface area contributed by atoms with Gasteiger partial charge in [-0.2, -0.15) is 0 Å². The molecule has 3 aromatic heterocycles. The highest BCUT2D eigenvalue weighted by atomic mass is 32.1. The Balaban J connectivity index is 1.10. The normalized spacial score (nSPS) is 11.9. The van der Waals surface area contributed by atoms with Crippen molar-refractivity contribution < 1.29 is 4.42 Å². The minimum Gasteiger partial charge on any atom is -0.455 e. The average Bonchev–Trinajstić information content (AvgIpc) is 3.94. The zero-order chi connectivity index (χ0) is 36.7. The molecular weight excluding hydrogens is 701 g/mol. The van der Waals surface area contributed by atoms with Crippen molar-refractivity contribution in [1.29, 1.82) is 0 Å². The summed E-state index contributed by atoms with van der Waals surface area (Å²) in [4.78, 5) is 2.41. The minimum atomic E-state index is 0.864. The predicted octanol–water partition coefficient (Wildman–Crippen LogP) is 15.3. The molecule has 3 nitrogen and oxygen atoms in total. The van der Waals surface area contributed by atoms with E-state index in [4.69, 9.17) is 4.42 Å². The highest BCUT2D eigenvalue weighted by molar-refractivity contribution is 7.25. The molecular formula is C52H32N2OS. The quantitative estimate of drug-likeness (QED) is 0.176. The number of rotatable bonds is 5. The largest absolute Gasteiger partial charge is 0.455 e. The molecule has 262 valence electrons. The first-order chi connectivity index (χ1) is 27.8. The van der Waals surface area contributed by atoms with Crippen LogP contribution in [0.2, 0.25) is 0 Å². The number of furan rings is 1. The number of nitrogens with zero attached hydrogens (tertiary/aromatic N) is 2. The van der Waals surface area contributed by atoms with Gasteiger partial charge in [0.1, 0.15) is 11.2 Å². The molecule has 4 heteroatoms. The number of fused-ring (bicyclic) bond motifs is 11. The Kier molecular flexibility index (Phi) is 6.80. The van der Waals surface area contributed by atoms with Crippen molar-refractivity contribution in [3.05, 3.63) is 194 Å². The molecule has 0 amide bonds. The van der Waals surface area contributed by atoms with E-state index in [-0.39, 0.29) is 0 Å². The SMILES string of the molecule is c1cc(-c2ccc3sc4ccccc4c3c2)cc(N(c2cccc(-n3c4ccccc4c4ccccc43)c2)c2cccc3oc4c5ccccc5ccc4c23)c1. The Morgan fingerprint density at radius 1 is 0.429 bits per heavy atom. The molecule has 9 aromatic carbocycles. The van der Waals surface area contributed by atoms with Crippen LogP contribution < -0.4 is 4.90 Å². The number of hydrogen-bond acceptors (Lipinski definition) is 3. The molecule has 0 bridgehead atoms. The Labute approximate surface area is 326 Å². The zero-order valence-electron chi connectivity index (χ0n) is 30.2. The van der Waals surface area contributed by atoms with Gasteiger partial charge < -0.3 is 13.9 Å². The van der Waals surface area contributed by atoms with Gasteiger partial charge in [-0.05, 0) is 95.4 Å². The van der Waals surface area contributed by atoms with Crippen LogP contribution in [0, 0.1) is 0 Å². The van der Waals surface area contributed by atoms with E-state index in [1.54, 1.807) is 0 Å². The number of thiophene rings is 1. The van der Waals surface area contributed by atoms with Gasteiger partial charge in [0, 0.05) is 58.8 Å². The van der Waals surface area contributed by atoms with Crippen LogP contribution in [-0.4, -0.2) is 4.57 Å². The molecule has 0 N–H and O–H groups in total. The first-order valence-corrected chi connectivity index (χ1v) is 19.8. The van der Waals surface area contributed by atoms with E-state index in [0.717, 1.165) is 50.1 Å². The molecule has 12 aromatic rings. The smallest absolute Gasteiger partial charge is 0.143 e. The Hall–Kier alpha value is -7.14. The van der Waals surface area contributed by atoms with Crippen molar-refractivity contribution >= 4 is 103 Å². The lowest BCUT2D eigenvalue weighted by Crippen LogP contribution is -2.11. The number of aromatic nitrogens is 1. The van der Waals surface area contributed by atoms with Gasteiger partial charge in [0.25, 0.3) is 0 Å². The standard InChI is InChI=1S/C52H32N2OS/c1-2-17-39-33(12-1)26-28-43-51-47(23-11-24-48(51)55-52(39)43)53(36-14-9-13-34(30-36)35-27-29-50-44(31-35)42-20-5-8-25-49(42)56-50)37-15-10-16-38(32-37)54-45-21-6-3-18-40(45)41-19-4-7-22-46(41)54/h1-32H. The van der Waals surface area contributed by atoms with Crippen molar-refractivity contribution in [2.45, 2.75) is 0 Å². The maximum absolute atomic E-state index is 6.74. The van der Waals surface area contributed by atoms with Crippen LogP contribution in [-0.2, 0) is 0 Å². The van der Waals surface area contributed by atoms with Crippen molar-refractivity contribution in [1.82, 2.24) is 4.57 Å². The second-order valence-electron chi connectivity index (χ2n) is 14.5. The predicted molar refractivity (Wildman–Crippen MR) is 239 cm³/mol. The van der Waals surface area contributed by atoms with Crippen molar-refractivity contribution in [2.75, 3.05) is 4.90 Å². The van der Waals surface area contributed by atoms with E-state index in [0.29, 0.717) is 0 Å². The summed E-state index contributed by atoms with van der Waals surface area (Å²) in [6.07, 6.45) is 0. The third-order valence-electron chi connectivity index (χ3n) is 11.3. The topological polar surface area (TPSA) is 21.3 Å². The number of benzene rings is 9. The molecule has 0 aliphatic carbocycles. The number of para-hydroxylation sites is 2. The van der Waals surface area contributed by atoms with E-state index >= 15 is 0 Å². The van der Waals surface area contributed by atoms with Gasteiger partial charge in [-0.3, -0.25) is 0 Å². The monoisotopic (exact) mass is 732 g/mol. The van der Waals surface area contributed by atoms with Crippen LogP contribution in [0.25, 0.3) is 91.5 Å². The van der Waals surface area contributed by atoms with Gasteiger partial charge >= 0.3 is 0 Å². The molecule has 0 saturated heterocycles. The second-order valence-corrected chi connectivity index (χ2v) is 15.6. The first-order valence-electron chi connectivity index (χ1n) is 19.0. The van der Waals surface area contributed by atoms with Crippen LogP contribution in [0.15, 0.2) is 199 Å². The van der Waals surface area contributed by atoms with Crippen LogP contribution in [0.4, 0.5) is 17.1 Å². The molecule has 0 spiro atoms. The summed E-state index contributed by atoms with van der Waals surface area (Å²) < 4.78 is 11.8. The molecule has 0 aliphatic rings. The Morgan fingerprint density at radius 2 is 1.09 bits per heavy atom. The van der Waals surface area contributed by atoms with Gasteiger partial charge in [-0.25, -0.2) is 0 Å². The molecule has 0 unspecified atom stereocenters. The molecule has 0 saturated carbocycles. The Morgan fingerprint density at radius 3 is 1.93 bits per heavy atom. The fourth-order valence-corrected chi connectivity index (χ4v) is 9.94. The lowest BCUT2D eigenvalue weighted by atomic mass is 10.0. The lowest BCUT2D eigenvalue weighted by Gasteiger charge is -2.27. The highest BCUT2D eigenvalue weighted by Crippen LogP contribution is 2.46. The fourth-order valence-electron chi connectivity index (χ4n) is 8.85. The van der Waals surface area contributed by atoms with Crippen LogP contribution in [0.5, 0.6) is 0 Å². The van der Waals surface area contributed by atoms with Crippen LogP contribution in [0.3, 0.4) is 0 Å². The minimum absolute atomic E-state index is 0.864. The summed E-state index contributed by atoms with van der Waals surface area (Å²) in [5, 5.41) is 9.57. The molecule has 0 atom stereocenters. The van der Waals surface area contributed by atoms with Crippen molar-refractivity contribution in [3.8, 4) is 16.8 Å². The van der Waals surface area contributed by atoms with Gasteiger partial charge in [0.15, 0.2) is 0 Å². The molecule has 0 radical (unpaired) electrons. The summed E-state index contributed by atoms with van der Waals surface area (Å²) in [6.45, 7) is 0. The summed E-state index contributed by atoms with van der Waals surface area (Å²) >= 11 is 1.85. The maximum atomic E-state index is 6.74. The van der Waals surface area contributed by atoms with Crippen molar-refractivity contribution in [2.24, 2.45) is 0 Å². The third-order valence-corrected chi connectivity index (χ3v) is 12.5. The molecule has 56 heavy (non-hydrogen) atoms. The summed E-state index contributed by atoms with van der Waals surface area (Å²) in [7, 11) is 0. The number of anilines is 3. The van der Waals surface area contributed by atoms with E-state index in [1.165, 1.54) is 58.5 Å². The molecule has 0 aliphatic heterocycles. The first kappa shape index (κ1) is 31.2. The zero-order valence-corrected chi connectivity index (χ0v) is 31.0. The highest BCUT2D eigenvalue weighted by Gasteiger charge is 2.22. The van der Waals surface area contributed by atoms with Gasteiger partial charge in [-0.1, -0.05) is 115 Å². The van der Waals surface area contributed by atoms with Crippen molar-refractivity contribution in [3.63, 3.8) is 0 Å². The molecule has 3 heterocycles. The third kappa shape index (κ3) is 4.70. The summed E-state index contributed by atoms with van der Waals surface area (Å²) in [5.41, 5.74) is 10.8. The van der Waals surface area contributed by atoms with Gasteiger partial charge in [0.2, 0.25) is 0 Å². The van der Waals surface area contributed by atoms with E-state index in [9.17, 15) is 0 Å². The number of hydrogen-bond donors (Lipinski definition) is 0.